The summed E-state index contributed by atoms with van der Waals surface area (Å²) >= 11 is 0. The molecule has 2 unspecified atom stereocenters. The second-order valence-corrected chi connectivity index (χ2v) is 5.46. The first-order valence-electron chi connectivity index (χ1n) is 6.82. The molecule has 0 spiro atoms. The fourth-order valence-electron chi connectivity index (χ4n) is 2.31. The van der Waals surface area contributed by atoms with Crippen molar-refractivity contribution in [3.8, 4) is 0 Å². The summed E-state index contributed by atoms with van der Waals surface area (Å²) in [5.74, 6) is 0.631. The summed E-state index contributed by atoms with van der Waals surface area (Å²) in [5.41, 5.74) is 8.16. The second kappa shape index (κ2) is 6.05. The first-order valence-corrected chi connectivity index (χ1v) is 6.82. The Morgan fingerprint density at radius 2 is 2.00 bits per heavy atom. The molecule has 0 radical (unpaired) electrons. The van der Waals surface area contributed by atoms with Crippen molar-refractivity contribution in [2.75, 3.05) is 20.6 Å². The molecule has 1 amide bonds. The van der Waals surface area contributed by atoms with E-state index in [0.29, 0.717) is 18.8 Å². The molecule has 1 aliphatic heterocycles. The first kappa shape index (κ1) is 14.5. The lowest BCUT2D eigenvalue weighted by Crippen LogP contribution is -2.39. The van der Waals surface area contributed by atoms with Gasteiger partial charge < -0.3 is 16.0 Å². The normalized spacial score (nSPS) is 22.9. The minimum atomic E-state index is -0.149. The van der Waals surface area contributed by atoms with Crippen LogP contribution in [0.4, 0.5) is 0 Å². The Kier molecular flexibility index (Phi) is 4.39. The third-order valence-electron chi connectivity index (χ3n) is 3.52. The van der Waals surface area contributed by atoms with E-state index in [0.717, 1.165) is 5.56 Å². The smallest absolute Gasteiger partial charge is 0.239 e. The van der Waals surface area contributed by atoms with Gasteiger partial charge in [0.1, 0.15) is 5.84 Å². The molecule has 1 aliphatic rings. The van der Waals surface area contributed by atoms with Crippen LogP contribution >= 0.6 is 0 Å². The molecule has 108 valence electrons. The van der Waals surface area contributed by atoms with Crippen LogP contribution in [0.5, 0.6) is 0 Å². The highest BCUT2D eigenvalue weighted by molar-refractivity contribution is 5.97. The SMILES string of the molecule is Cc1ccc(C(N)=NC2CNC(C(=O)N(C)C)C2)cc1. The van der Waals surface area contributed by atoms with Crippen molar-refractivity contribution in [1.29, 1.82) is 0 Å². The average molecular weight is 274 g/mol. The fraction of sp³-hybridized carbons (Fsp3) is 0.467. The number of aliphatic imine (C=N–C) groups is 1. The molecule has 0 aliphatic carbocycles. The molecule has 1 saturated heterocycles. The van der Waals surface area contributed by atoms with Crippen LogP contribution in [-0.2, 0) is 4.79 Å². The summed E-state index contributed by atoms with van der Waals surface area (Å²) in [7, 11) is 3.53. The molecule has 1 aromatic rings. The topological polar surface area (TPSA) is 70.7 Å². The van der Waals surface area contributed by atoms with Crippen LogP contribution in [0.25, 0.3) is 0 Å². The maximum atomic E-state index is 11.9. The summed E-state index contributed by atoms with van der Waals surface area (Å²) in [6, 6.07) is 7.89. The van der Waals surface area contributed by atoms with E-state index in [2.05, 4.69) is 10.3 Å². The quantitative estimate of drug-likeness (QED) is 0.623. The van der Waals surface area contributed by atoms with Gasteiger partial charge in [-0.1, -0.05) is 29.8 Å². The molecule has 3 N–H and O–H groups in total. The number of rotatable bonds is 3. The molecule has 5 nitrogen and oxygen atoms in total. The molecule has 2 atom stereocenters. The Bertz CT molecular complexity index is 507. The molecule has 2 rings (SSSR count). The van der Waals surface area contributed by atoms with Crippen molar-refractivity contribution in [3.63, 3.8) is 0 Å². The van der Waals surface area contributed by atoms with Gasteiger partial charge in [0.05, 0.1) is 12.1 Å². The highest BCUT2D eigenvalue weighted by atomic mass is 16.2. The number of carbonyl (C=O) groups is 1. The van der Waals surface area contributed by atoms with E-state index >= 15 is 0 Å². The molecular formula is C15H22N4O. The highest BCUT2D eigenvalue weighted by Crippen LogP contribution is 2.13. The lowest BCUT2D eigenvalue weighted by Gasteiger charge is -2.15. The van der Waals surface area contributed by atoms with Gasteiger partial charge in [0, 0.05) is 26.2 Å². The number of carbonyl (C=O) groups excluding carboxylic acids is 1. The molecule has 1 heterocycles. The third kappa shape index (κ3) is 3.36. The first-order chi connectivity index (χ1) is 9.47. The number of likely N-dealkylation sites (N-methyl/N-ethyl adjacent to an activating group) is 1. The van der Waals surface area contributed by atoms with Crippen LogP contribution < -0.4 is 11.1 Å². The molecule has 1 aromatic carbocycles. The molecule has 5 heteroatoms. The Morgan fingerprint density at radius 3 is 2.60 bits per heavy atom. The van der Waals surface area contributed by atoms with Gasteiger partial charge in [-0.2, -0.15) is 0 Å². The molecule has 20 heavy (non-hydrogen) atoms. The number of nitrogens with one attached hydrogen (secondary N) is 1. The summed E-state index contributed by atoms with van der Waals surface area (Å²) in [6.07, 6.45) is 0.698. The minimum Gasteiger partial charge on any atom is -0.383 e. The van der Waals surface area contributed by atoms with Gasteiger partial charge in [0.15, 0.2) is 0 Å². The molecule has 0 saturated carbocycles. The van der Waals surface area contributed by atoms with Crippen molar-refractivity contribution in [2.45, 2.75) is 25.4 Å². The van der Waals surface area contributed by atoms with E-state index < -0.39 is 0 Å². The maximum absolute atomic E-state index is 11.9. The van der Waals surface area contributed by atoms with E-state index in [4.69, 9.17) is 5.73 Å². The van der Waals surface area contributed by atoms with Crippen molar-refractivity contribution in [2.24, 2.45) is 10.7 Å². The zero-order valence-electron chi connectivity index (χ0n) is 12.3. The highest BCUT2D eigenvalue weighted by Gasteiger charge is 2.30. The monoisotopic (exact) mass is 274 g/mol. The summed E-state index contributed by atoms with van der Waals surface area (Å²) < 4.78 is 0. The van der Waals surface area contributed by atoms with Crippen LogP contribution in [-0.4, -0.2) is 49.4 Å². The number of hydrogen-bond donors (Lipinski definition) is 2. The molecule has 0 bridgehead atoms. The number of hydrogen-bond acceptors (Lipinski definition) is 3. The third-order valence-corrected chi connectivity index (χ3v) is 3.52. The van der Waals surface area contributed by atoms with Crippen molar-refractivity contribution >= 4 is 11.7 Å². The Labute approximate surface area is 119 Å². The van der Waals surface area contributed by atoms with Gasteiger partial charge in [-0.25, -0.2) is 0 Å². The van der Waals surface area contributed by atoms with Gasteiger partial charge in [-0.3, -0.25) is 9.79 Å². The fourth-order valence-corrected chi connectivity index (χ4v) is 2.31. The average Bonchev–Trinajstić information content (AvgIpc) is 2.86. The Hall–Kier alpha value is -1.88. The lowest BCUT2D eigenvalue weighted by atomic mass is 10.1. The van der Waals surface area contributed by atoms with Crippen LogP contribution in [0.2, 0.25) is 0 Å². The zero-order valence-corrected chi connectivity index (χ0v) is 12.3. The Balaban J connectivity index is 2.01. The standard InChI is InChI=1S/C15H22N4O/c1-10-4-6-11(7-5-10)14(16)18-12-8-13(17-9-12)15(20)19(2)3/h4-7,12-13,17H,8-9H2,1-3H3,(H2,16,18). The van der Waals surface area contributed by atoms with Gasteiger partial charge in [-0.15, -0.1) is 0 Å². The van der Waals surface area contributed by atoms with Crippen molar-refractivity contribution in [3.05, 3.63) is 35.4 Å². The zero-order chi connectivity index (χ0) is 14.7. The van der Waals surface area contributed by atoms with Crippen LogP contribution in [0, 0.1) is 6.92 Å². The predicted molar refractivity (Wildman–Crippen MR) is 80.8 cm³/mol. The lowest BCUT2D eigenvalue weighted by molar-refractivity contribution is -0.130. The van der Waals surface area contributed by atoms with Crippen LogP contribution in [0.1, 0.15) is 17.5 Å². The molecular weight excluding hydrogens is 252 g/mol. The van der Waals surface area contributed by atoms with E-state index in [1.54, 1.807) is 19.0 Å². The van der Waals surface area contributed by atoms with Gasteiger partial charge in [0.2, 0.25) is 5.91 Å². The summed E-state index contributed by atoms with van der Waals surface area (Å²) in [6.45, 7) is 2.73. The number of amidine groups is 1. The van der Waals surface area contributed by atoms with Crippen LogP contribution in [0.3, 0.4) is 0 Å². The van der Waals surface area contributed by atoms with E-state index in [1.165, 1.54) is 5.56 Å². The number of aryl methyl sites for hydroxylation is 1. The van der Waals surface area contributed by atoms with E-state index in [9.17, 15) is 4.79 Å². The maximum Gasteiger partial charge on any atom is 0.239 e. The molecule has 0 aromatic heterocycles. The summed E-state index contributed by atoms with van der Waals surface area (Å²) in [4.78, 5) is 18.0. The van der Waals surface area contributed by atoms with E-state index in [-0.39, 0.29) is 18.0 Å². The van der Waals surface area contributed by atoms with Crippen LogP contribution in [0.15, 0.2) is 29.3 Å². The van der Waals surface area contributed by atoms with Gasteiger partial charge in [-0.05, 0) is 13.3 Å². The number of benzene rings is 1. The number of nitrogens with two attached hydrogens (primary N) is 1. The Morgan fingerprint density at radius 1 is 1.35 bits per heavy atom. The summed E-state index contributed by atoms with van der Waals surface area (Å²) in [5, 5.41) is 3.20. The predicted octanol–water partition coefficient (Wildman–Crippen LogP) is 0.519. The largest absolute Gasteiger partial charge is 0.383 e. The molecule has 1 fully saturated rings. The number of nitrogens with zero attached hydrogens (tertiary/aromatic N) is 2. The van der Waals surface area contributed by atoms with Gasteiger partial charge in [0.25, 0.3) is 0 Å². The number of amides is 1. The van der Waals surface area contributed by atoms with E-state index in [1.807, 2.05) is 31.2 Å². The minimum absolute atomic E-state index is 0.0604. The van der Waals surface area contributed by atoms with Crippen molar-refractivity contribution in [1.82, 2.24) is 10.2 Å². The second-order valence-electron chi connectivity index (χ2n) is 5.46. The van der Waals surface area contributed by atoms with Crippen molar-refractivity contribution < 1.29 is 4.79 Å². The van der Waals surface area contributed by atoms with Gasteiger partial charge >= 0.3 is 0 Å².